The van der Waals surface area contributed by atoms with Crippen molar-refractivity contribution < 1.29 is 9.53 Å². The summed E-state index contributed by atoms with van der Waals surface area (Å²) in [5, 5.41) is 4.97. The van der Waals surface area contributed by atoms with E-state index < -0.39 is 6.03 Å². The molecular weight excluding hydrogens is 286 g/mol. The number of hydrogen-bond acceptors (Lipinski definition) is 3. The molecule has 21 heavy (non-hydrogen) atoms. The Balaban J connectivity index is 2.57. The maximum absolute atomic E-state index is 11.5. The average molecular weight is 309 g/mol. The van der Waals surface area contributed by atoms with E-state index in [1.165, 1.54) is 5.56 Å². The van der Waals surface area contributed by atoms with Crippen molar-refractivity contribution in [2.24, 2.45) is 5.73 Å². The van der Waals surface area contributed by atoms with Gasteiger partial charge in [0, 0.05) is 0 Å². The Morgan fingerprint density at radius 1 is 1.38 bits per heavy atom. The molecule has 0 heterocycles. The Morgan fingerprint density at radius 2 is 2.10 bits per heavy atom. The minimum atomic E-state index is -0.411. The van der Waals surface area contributed by atoms with Crippen LogP contribution in [0.2, 0.25) is 0 Å². The number of aryl methyl sites for hydroxylation is 1. The van der Waals surface area contributed by atoms with Gasteiger partial charge in [0.25, 0.3) is 0 Å². The molecule has 6 heteroatoms. The lowest BCUT2D eigenvalue weighted by Gasteiger charge is -2.20. The number of para-hydroxylation sites is 1. The van der Waals surface area contributed by atoms with Crippen molar-refractivity contribution in [2.45, 2.75) is 39.2 Å². The third kappa shape index (κ3) is 6.44. The van der Waals surface area contributed by atoms with Crippen LogP contribution in [0.3, 0.4) is 0 Å². The molecule has 0 aliphatic heterocycles. The molecule has 116 valence electrons. The van der Waals surface area contributed by atoms with Crippen LogP contribution in [0.15, 0.2) is 24.3 Å². The molecular formula is C15H23N3O2S. The fourth-order valence-electron chi connectivity index (χ4n) is 1.91. The molecule has 0 aliphatic rings. The van der Waals surface area contributed by atoms with Crippen molar-refractivity contribution in [2.75, 3.05) is 6.54 Å². The van der Waals surface area contributed by atoms with Gasteiger partial charge in [0.15, 0.2) is 5.11 Å². The number of thiocarbonyl (C=S) groups is 1. The summed E-state index contributed by atoms with van der Waals surface area (Å²) in [6.45, 7) is 4.54. The summed E-state index contributed by atoms with van der Waals surface area (Å²) in [6, 6.07) is 7.58. The van der Waals surface area contributed by atoms with Crippen LogP contribution in [0.5, 0.6) is 5.75 Å². The number of benzene rings is 1. The van der Waals surface area contributed by atoms with E-state index in [1.54, 1.807) is 0 Å². The van der Waals surface area contributed by atoms with Crippen molar-refractivity contribution in [3.05, 3.63) is 29.8 Å². The number of nitrogens with two attached hydrogens (primary N) is 1. The normalized spacial score (nSPS) is 11.5. The molecule has 0 saturated heterocycles. The van der Waals surface area contributed by atoms with Gasteiger partial charge in [-0.25, -0.2) is 4.79 Å². The predicted octanol–water partition coefficient (Wildman–Crippen LogP) is 2.34. The molecule has 0 aliphatic carbocycles. The minimum absolute atomic E-state index is 0.0465. The quantitative estimate of drug-likeness (QED) is 0.676. The molecule has 4 N–H and O–H groups in total. The Kier molecular flexibility index (Phi) is 7.53. The third-order valence-electron chi connectivity index (χ3n) is 2.97. The summed E-state index contributed by atoms with van der Waals surface area (Å²) < 4.78 is 6.00. The van der Waals surface area contributed by atoms with Gasteiger partial charge >= 0.3 is 6.03 Å². The summed E-state index contributed by atoms with van der Waals surface area (Å²) in [4.78, 5) is 11.5. The van der Waals surface area contributed by atoms with Crippen LogP contribution in [0.25, 0.3) is 0 Å². The summed E-state index contributed by atoms with van der Waals surface area (Å²) in [6.07, 6.45) is 2.72. The molecule has 1 aromatic rings. The van der Waals surface area contributed by atoms with Crippen LogP contribution in [-0.2, 0) is 6.42 Å². The van der Waals surface area contributed by atoms with Crippen molar-refractivity contribution in [1.29, 1.82) is 0 Å². The van der Waals surface area contributed by atoms with E-state index >= 15 is 0 Å². The first kappa shape index (κ1) is 17.2. The topological polar surface area (TPSA) is 76.4 Å². The first-order valence-corrected chi connectivity index (χ1v) is 7.56. The zero-order valence-corrected chi connectivity index (χ0v) is 13.3. The van der Waals surface area contributed by atoms with Crippen molar-refractivity contribution >= 4 is 23.4 Å². The first-order valence-electron chi connectivity index (χ1n) is 7.15. The van der Waals surface area contributed by atoms with Crippen LogP contribution in [-0.4, -0.2) is 23.8 Å². The molecule has 0 saturated carbocycles. The highest BCUT2D eigenvalue weighted by atomic mass is 32.1. The molecule has 1 rings (SSSR count). The number of rotatable bonds is 7. The van der Waals surface area contributed by atoms with Gasteiger partial charge in [0.1, 0.15) is 11.9 Å². The Bertz CT molecular complexity index is 480. The van der Waals surface area contributed by atoms with Gasteiger partial charge in [-0.15, -0.1) is 0 Å². The third-order valence-corrected chi connectivity index (χ3v) is 3.07. The molecule has 1 aromatic carbocycles. The number of carbonyl (C=O) groups is 1. The summed E-state index contributed by atoms with van der Waals surface area (Å²) in [7, 11) is 0. The second kappa shape index (κ2) is 9.18. The van der Waals surface area contributed by atoms with E-state index in [4.69, 9.17) is 10.5 Å². The molecule has 0 radical (unpaired) electrons. The fourth-order valence-corrected chi connectivity index (χ4v) is 2.00. The summed E-state index contributed by atoms with van der Waals surface area (Å²) >= 11 is 4.61. The second-order valence-corrected chi connectivity index (χ2v) is 5.14. The lowest BCUT2D eigenvalue weighted by atomic mass is 10.1. The SMILES string of the molecule is CCCc1ccccc1OC(CC)CNC(=O)NC(N)=S. The van der Waals surface area contributed by atoms with E-state index in [-0.39, 0.29) is 11.2 Å². The van der Waals surface area contributed by atoms with Crippen LogP contribution >= 0.6 is 12.2 Å². The molecule has 0 bridgehead atoms. The van der Waals surface area contributed by atoms with Crippen LogP contribution in [0.4, 0.5) is 4.79 Å². The van der Waals surface area contributed by atoms with E-state index in [1.807, 2.05) is 25.1 Å². The lowest BCUT2D eigenvalue weighted by molar-refractivity contribution is 0.189. The lowest BCUT2D eigenvalue weighted by Crippen LogP contribution is -2.45. The minimum Gasteiger partial charge on any atom is -0.488 e. The standard InChI is InChI=1S/C15H23N3O2S/c1-3-7-11-8-5-6-9-13(11)20-12(4-2)10-17-15(19)18-14(16)21/h5-6,8-9,12H,3-4,7,10H2,1-2H3,(H4,16,17,18,19,21). The Hall–Kier alpha value is -1.82. The smallest absolute Gasteiger partial charge is 0.321 e. The Morgan fingerprint density at radius 3 is 2.71 bits per heavy atom. The zero-order chi connectivity index (χ0) is 15.7. The molecule has 5 nitrogen and oxygen atoms in total. The number of nitrogens with one attached hydrogen (secondary N) is 2. The van der Waals surface area contributed by atoms with Crippen molar-refractivity contribution in [3.8, 4) is 5.75 Å². The molecule has 2 amide bonds. The van der Waals surface area contributed by atoms with Gasteiger partial charge < -0.3 is 15.8 Å². The van der Waals surface area contributed by atoms with Crippen LogP contribution in [0, 0.1) is 0 Å². The van der Waals surface area contributed by atoms with E-state index in [0.717, 1.165) is 25.0 Å². The highest BCUT2D eigenvalue weighted by Crippen LogP contribution is 2.21. The van der Waals surface area contributed by atoms with E-state index in [0.29, 0.717) is 6.54 Å². The number of urea groups is 1. The number of amides is 2. The summed E-state index contributed by atoms with van der Waals surface area (Å²) in [5.74, 6) is 0.878. The zero-order valence-electron chi connectivity index (χ0n) is 12.5. The largest absolute Gasteiger partial charge is 0.488 e. The van der Waals surface area contributed by atoms with Gasteiger partial charge in [-0.1, -0.05) is 38.5 Å². The molecule has 1 unspecified atom stereocenters. The molecule has 0 fully saturated rings. The van der Waals surface area contributed by atoms with Gasteiger partial charge in [-0.2, -0.15) is 0 Å². The van der Waals surface area contributed by atoms with Gasteiger partial charge in [0.2, 0.25) is 0 Å². The summed E-state index contributed by atoms with van der Waals surface area (Å²) in [5.41, 5.74) is 6.42. The maximum atomic E-state index is 11.5. The fraction of sp³-hybridized carbons (Fsp3) is 0.467. The van der Waals surface area contributed by atoms with E-state index in [2.05, 4.69) is 35.8 Å². The Labute approximate surface area is 131 Å². The molecule has 0 aromatic heterocycles. The molecule has 1 atom stereocenters. The second-order valence-electron chi connectivity index (χ2n) is 4.71. The van der Waals surface area contributed by atoms with Crippen LogP contribution in [0.1, 0.15) is 32.3 Å². The molecule has 0 spiro atoms. The van der Waals surface area contributed by atoms with Gasteiger partial charge in [0.05, 0.1) is 6.54 Å². The van der Waals surface area contributed by atoms with Gasteiger partial charge in [-0.05, 0) is 36.7 Å². The van der Waals surface area contributed by atoms with Crippen molar-refractivity contribution in [3.63, 3.8) is 0 Å². The number of hydrogen-bond donors (Lipinski definition) is 3. The van der Waals surface area contributed by atoms with Crippen molar-refractivity contribution in [1.82, 2.24) is 10.6 Å². The number of ether oxygens (including phenoxy) is 1. The van der Waals surface area contributed by atoms with Gasteiger partial charge in [-0.3, -0.25) is 5.32 Å². The maximum Gasteiger partial charge on any atom is 0.321 e. The predicted molar refractivity (Wildman–Crippen MR) is 88.5 cm³/mol. The highest BCUT2D eigenvalue weighted by Gasteiger charge is 2.12. The first-order chi connectivity index (χ1) is 10.1. The monoisotopic (exact) mass is 309 g/mol. The number of carbonyl (C=O) groups excluding carboxylic acids is 1. The van der Waals surface area contributed by atoms with Crippen LogP contribution < -0.4 is 21.1 Å². The highest BCUT2D eigenvalue weighted by molar-refractivity contribution is 7.80. The average Bonchev–Trinajstić information content (AvgIpc) is 2.44. The van der Waals surface area contributed by atoms with E-state index in [9.17, 15) is 4.79 Å².